The minimum atomic E-state index is -0.287. The number of hydrogen-bond acceptors (Lipinski definition) is 1. The molecule has 0 atom stereocenters. The Balaban J connectivity index is 2.97. The van der Waals surface area contributed by atoms with E-state index in [1.165, 1.54) is 6.07 Å². The number of halogens is 2. The van der Waals surface area contributed by atoms with Gasteiger partial charge in [0, 0.05) is 16.6 Å². The summed E-state index contributed by atoms with van der Waals surface area (Å²) in [6.07, 6.45) is 0.525. The second-order valence-electron chi connectivity index (χ2n) is 4.20. The van der Waals surface area contributed by atoms with Gasteiger partial charge < -0.3 is 5.11 Å². The standard InChI is InChI=1S/C11H14BrFO/c1-11(2,7-14)6-8-9(12)4-3-5-10(8)13/h3-5,14H,6-7H2,1-2H3. The molecule has 0 bridgehead atoms. The number of aliphatic hydroxyl groups excluding tert-OH is 1. The maximum Gasteiger partial charge on any atom is 0.127 e. The van der Waals surface area contributed by atoms with E-state index in [0.29, 0.717) is 12.0 Å². The van der Waals surface area contributed by atoms with Gasteiger partial charge in [0.1, 0.15) is 5.82 Å². The Morgan fingerprint density at radius 3 is 2.57 bits per heavy atom. The second-order valence-corrected chi connectivity index (χ2v) is 5.05. The molecule has 1 aromatic carbocycles. The first-order valence-electron chi connectivity index (χ1n) is 4.50. The van der Waals surface area contributed by atoms with Gasteiger partial charge in [-0.3, -0.25) is 0 Å². The maximum atomic E-state index is 13.4. The topological polar surface area (TPSA) is 20.2 Å². The van der Waals surface area contributed by atoms with E-state index >= 15 is 0 Å². The molecular weight excluding hydrogens is 247 g/mol. The summed E-state index contributed by atoms with van der Waals surface area (Å²) >= 11 is 3.31. The van der Waals surface area contributed by atoms with Crippen LogP contribution in [0.2, 0.25) is 0 Å². The molecule has 0 fully saturated rings. The van der Waals surface area contributed by atoms with Crippen LogP contribution in [0.25, 0.3) is 0 Å². The number of aliphatic hydroxyl groups is 1. The predicted molar refractivity (Wildman–Crippen MR) is 58.7 cm³/mol. The van der Waals surface area contributed by atoms with Crippen molar-refractivity contribution in [2.45, 2.75) is 20.3 Å². The van der Waals surface area contributed by atoms with Crippen molar-refractivity contribution >= 4 is 15.9 Å². The summed E-state index contributed by atoms with van der Waals surface area (Å²) in [5.74, 6) is -0.221. The highest BCUT2D eigenvalue weighted by molar-refractivity contribution is 9.10. The predicted octanol–water partition coefficient (Wildman–Crippen LogP) is 3.15. The first kappa shape index (κ1) is 11.7. The van der Waals surface area contributed by atoms with E-state index in [1.807, 2.05) is 19.9 Å². The molecule has 3 heteroatoms. The van der Waals surface area contributed by atoms with E-state index in [2.05, 4.69) is 15.9 Å². The molecule has 0 saturated carbocycles. The molecule has 0 radical (unpaired) electrons. The van der Waals surface area contributed by atoms with E-state index in [1.54, 1.807) is 6.07 Å². The zero-order valence-corrected chi connectivity index (χ0v) is 9.94. The molecule has 0 aliphatic rings. The quantitative estimate of drug-likeness (QED) is 0.886. The van der Waals surface area contributed by atoms with Crippen molar-refractivity contribution in [3.8, 4) is 0 Å². The fourth-order valence-corrected chi connectivity index (χ4v) is 1.72. The van der Waals surface area contributed by atoms with Crippen molar-refractivity contribution in [1.29, 1.82) is 0 Å². The third-order valence-electron chi connectivity index (χ3n) is 2.15. The molecule has 0 heterocycles. The Kier molecular flexibility index (Phi) is 3.67. The first-order valence-corrected chi connectivity index (χ1v) is 5.29. The Morgan fingerprint density at radius 2 is 2.07 bits per heavy atom. The lowest BCUT2D eigenvalue weighted by molar-refractivity contribution is 0.158. The van der Waals surface area contributed by atoms with Crippen molar-refractivity contribution in [2.75, 3.05) is 6.61 Å². The lowest BCUT2D eigenvalue weighted by atomic mass is 9.86. The van der Waals surface area contributed by atoms with Crippen LogP contribution in [0.15, 0.2) is 22.7 Å². The van der Waals surface area contributed by atoms with Gasteiger partial charge in [0.15, 0.2) is 0 Å². The van der Waals surface area contributed by atoms with E-state index in [9.17, 15) is 4.39 Å². The van der Waals surface area contributed by atoms with Crippen molar-refractivity contribution < 1.29 is 9.50 Å². The van der Waals surface area contributed by atoms with Crippen molar-refractivity contribution in [3.05, 3.63) is 34.1 Å². The fraction of sp³-hybridized carbons (Fsp3) is 0.455. The van der Waals surface area contributed by atoms with Gasteiger partial charge in [-0.25, -0.2) is 4.39 Å². The first-order chi connectivity index (χ1) is 6.46. The van der Waals surface area contributed by atoms with Crippen LogP contribution >= 0.6 is 15.9 Å². The van der Waals surface area contributed by atoms with Crippen LogP contribution in [0.1, 0.15) is 19.4 Å². The summed E-state index contributed by atoms with van der Waals surface area (Å²) in [7, 11) is 0. The zero-order valence-electron chi connectivity index (χ0n) is 8.35. The zero-order chi connectivity index (χ0) is 10.8. The Bertz CT molecular complexity index is 303. The van der Waals surface area contributed by atoms with Crippen LogP contribution in [0.3, 0.4) is 0 Å². The van der Waals surface area contributed by atoms with E-state index in [4.69, 9.17) is 5.11 Å². The number of rotatable bonds is 3. The van der Waals surface area contributed by atoms with Gasteiger partial charge >= 0.3 is 0 Å². The molecule has 0 saturated heterocycles. The number of benzene rings is 1. The molecule has 0 unspecified atom stereocenters. The summed E-state index contributed by atoms with van der Waals surface area (Å²) in [6, 6.07) is 4.91. The summed E-state index contributed by atoms with van der Waals surface area (Å²) in [4.78, 5) is 0. The van der Waals surface area contributed by atoms with Crippen LogP contribution < -0.4 is 0 Å². The van der Waals surface area contributed by atoms with Gasteiger partial charge in [0.05, 0.1) is 0 Å². The third kappa shape index (κ3) is 2.79. The van der Waals surface area contributed by atoms with Gasteiger partial charge in [-0.1, -0.05) is 35.8 Å². The van der Waals surface area contributed by atoms with E-state index in [-0.39, 0.29) is 17.8 Å². The highest BCUT2D eigenvalue weighted by Crippen LogP contribution is 2.28. The molecule has 1 nitrogen and oxygen atoms in total. The lowest BCUT2D eigenvalue weighted by Gasteiger charge is -2.22. The van der Waals surface area contributed by atoms with Crippen LogP contribution in [0, 0.1) is 11.2 Å². The molecule has 1 N–H and O–H groups in total. The summed E-state index contributed by atoms with van der Waals surface area (Å²) in [5.41, 5.74) is 0.344. The monoisotopic (exact) mass is 260 g/mol. The molecule has 0 aliphatic carbocycles. The summed E-state index contributed by atoms with van der Waals surface area (Å²) < 4.78 is 14.2. The smallest absolute Gasteiger partial charge is 0.127 e. The van der Waals surface area contributed by atoms with Gasteiger partial charge in [0.25, 0.3) is 0 Å². The molecule has 0 aromatic heterocycles. The van der Waals surface area contributed by atoms with Crippen LogP contribution in [0.5, 0.6) is 0 Å². The minimum Gasteiger partial charge on any atom is -0.396 e. The lowest BCUT2D eigenvalue weighted by Crippen LogP contribution is -2.20. The van der Waals surface area contributed by atoms with Crippen LogP contribution in [-0.2, 0) is 6.42 Å². The van der Waals surface area contributed by atoms with Gasteiger partial charge in [-0.2, -0.15) is 0 Å². The van der Waals surface area contributed by atoms with Crippen LogP contribution in [-0.4, -0.2) is 11.7 Å². The molecule has 1 rings (SSSR count). The SMILES string of the molecule is CC(C)(CO)Cc1c(F)cccc1Br. The molecule has 0 spiro atoms. The molecule has 14 heavy (non-hydrogen) atoms. The molecule has 0 aliphatic heterocycles. The Hall–Kier alpha value is -0.410. The molecule has 78 valence electrons. The van der Waals surface area contributed by atoms with Gasteiger partial charge in [0.2, 0.25) is 0 Å². The number of hydrogen-bond donors (Lipinski definition) is 1. The largest absolute Gasteiger partial charge is 0.396 e. The van der Waals surface area contributed by atoms with Crippen LogP contribution in [0.4, 0.5) is 4.39 Å². The van der Waals surface area contributed by atoms with Crippen molar-refractivity contribution in [3.63, 3.8) is 0 Å². The second kappa shape index (κ2) is 4.41. The van der Waals surface area contributed by atoms with Gasteiger partial charge in [-0.15, -0.1) is 0 Å². The highest BCUT2D eigenvalue weighted by atomic mass is 79.9. The normalized spacial score (nSPS) is 11.8. The van der Waals surface area contributed by atoms with E-state index in [0.717, 1.165) is 4.47 Å². The molecule has 1 aromatic rings. The van der Waals surface area contributed by atoms with Gasteiger partial charge in [-0.05, 0) is 24.0 Å². The summed E-state index contributed by atoms with van der Waals surface area (Å²) in [6.45, 7) is 3.87. The minimum absolute atomic E-state index is 0.0494. The van der Waals surface area contributed by atoms with Crippen molar-refractivity contribution in [1.82, 2.24) is 0 Å². The molecule has 0 amide bonds. The average Bonchev–Trinajstić information content (AvgIpc) is 2.12. The maximum absolute atomic E-state index is 13.4. The average molecular weight is 261 g/mol. The Labute approximate surface area is 92.1 Å². The van der Waals surface area contributed by atoms with E-state index < -0.39 is 0 Å². The summed E-state index contributed by atoms with van der Waals surface area (Å²) in [5, 5.41) is 9.10. The van der Waals surface area contributed by atoms with Crippen molar-refractivity contribution in [2.24, 2.45) is 5.41 Å². The third-order valence-corrected chi connectivity index (χ3v) is 2.89. The Morgan fingerprint density at radius 1 is 1.43 bits per heavy atom. The molecular formula is C11H14BrFO. The highest BCUT2D eigenvalue weighted by Gasteiger charge is 2.20. The fourth-order valence-electron chi connectivity index (χ4n) is 1.24.